The summed E-state index contributed by atoms with van der Waals surface area (Å²) in [6.07, 6.45) is 1.67. The van der Waals surface area contributed by atoms with Crippen molar-refractivity contribution in [3.63, 3.8) is 0 Å². The van der Waals surface area contributed by atoms with E-state index in [2.05, 4.69) is 18.4 Å². The van der Waals surface area contributed by atoms with Crippen LogP contribution in [0.3, 0.4) is 0 Å². The number of fused-ring (bicyclic) bond motifs is 6. The number of furan rings is 1. The maximum Gasteiger partial charge on any atom is 0.134 e. The fourth-order valence-corrected chi connectivity index (χ4v) is 4.14. The van der Waals surface area contributed by atoms with Crippen molar-refractivity contribution < 1.29 is 14.6 Å². The molecule has 1 aromatic heterocycles. The summed E-state index contributed by atoms with van der Waals surface area (Å²) in [5, 5.41) is 20.7. The Morgan fingerprint density at radius 2 is 2.18 bits per heavy atom. The molecular weight excluding hydrogens is 278 g/mol. The predicted octanol–water partition coefficient (Wildman–Crippen LogP) is 2.79. The van der Waals surface area contributed by atoms with Crippen LogP contribution in [0.4, 0.5) is 0 Å². The van der Waals surface area contributed by atoms with Gasteiger partial charge in [-0.05, 0) is 38.0 Å². The zero-order chi connectivity index (χ0) is 15.4. The number of aliphatic hydroxyl groups is 1. The molecule has 4 rings (SSSR count). The normalized spacial score (nSPS) is 31.1. The fourth-order valence-electron chi connectivity index (χ4n) is 4.14. The fraction of sp³-hybridized carbons (Fsp3) is 0.444. The van der Waals surface area contributed by atoms with Crippen LogP contribution in [0.2, 0.25) is 0 Å². The lowest BCUT2D eigenvalue weighted by atomic mass is 9.85. The zero-order valence-corrected chi connectivity index (χ0v) is 12.7. The minimum atomic E-state index is 0.0685. The Kier molecular flexibility index (Phi) is 3.06. The number of aliphatic hydroxyl groups excluding tert-OH is 1. The van der Waals surface area contributed by atoms with Crippen molar-refractivity contribution >= 4 is 11.0 Å². The van der Waals surface area contributed by atoms with Crippen molar-refractivity contribution in [3.05, 3.63) is 41.7 Å². The van der Waals surface area contributed by atoms with Crippen molar-refractivity contribution in [1.82, 2.24) is 4.90 Å². The van der Waals surface area contributed by atoms with Crippen LogP contribution in [0.25, 0.3) is 11.0 Å². The van der Waals surface area contributed by atoms with Crippen molar-refractivity contribution in [3.8, 4) is 5.75 Å². The Bertz CT molecular complexity index is 748. The number of nitrogens with zero attached hydrogens (tertiary/aromatic N) is 1. The molecule has 22 heavy (non-hydrogen) atoms. The van der Waals surface area contributed by atoms with Gasteiger partial charge in [-0.1, -0.05) is 12.2 Å². The molecule has 1 fully saturated rings. The summed E-state index contributed by atoms with van der Waals surface area (Å²) in [6.45, 7) is 7.35. The van der Waals surface area contributed by atoms with Gasteiger partial charge in [-0.3, -0.25) is 4.90 Å². The Balaban J connectivity index is 1.94. The lowest BCUT2D eigenvalue weighted by Gasteiger charge is -2.41. The molecule has 1 aromatic carbocycles. The van der Waals surface area contributed by atoms with Gasteiger partial charge in [0, 0.05) is 35.5 Å². The maximum absolute atomic E-state index is 9.87. The van der Waals surface area contributed by atoms with Crippen molar-refractivity contribution in [2.24, 2.45) is 0 Å². The second-order valence-corrected chi connectivity index (χ2v) is 6.64. The zero-order valence-electron chi connectivity index (χ0n) is 12.7. The molecule has 4 heteroatoms. The highest BCUT2D eigenvalue weighted by molar-refractivity contribution is 5.84. The first kappa shape index (κ1) is 13.9. The highest BCUT2D eigenvalue weighted by Crippen LogP contribution is 2.44. The van der Waals surface area contributed by atoms with E-state index in [0.717, 1.165) is 41.7 Å². The Hall–Kier alpha value is -1.78. The average Bonchev–Trinajstić information content (AvgIpc) is 2.82. The van der Waals surface area contributed by atoms with Crippen LogP contribution in [0.5, 0.6) is 5.75 Å². The highest BCUT2D eigenvalue weighted by atomic mass is 16.3. The molecule has 2 aliphatic rings. The van der Waals surface area contributed by atoms with Gasteiger partial charge in [-0.15, -0.1) is 0 Å². The SMILES string of the molecule is C=C1CC2c3oc4ccc(O)cc4c3CC(CO)N(C1)C2C. The third-order valence-electron chi connectivity index (χ3n) is 5.28. The number of phenolic OH excluding ortho intramolecular Hbond substituents is 1. The molecule has 4 atom stereocenters. The summed E-state index contributed by atoms with van der Waals surface area (Å²) in [7, 11) is 0. The molecular formula is C18H21NO3. The van der Waals surface area contributed by atoms with E-state index in [-0.39, 0.29) is 24.3 Å². The first-order chi connectivity index (χ1) is 10.6. The van der Waals surface area contributed by atoms with E-state index in [1.807, 2.05) is 6.07 Å². The van der Waals surface area contributed by atoms with Crippen molar-refractivity contribution in [2.45, 2.75) is 37.8 Å². The maximum atomic E-state index is 9.87. The quantitative estimate of drug-likeness (QED) is 0.795. The van der Waals surface area contributed by atoms with Crippen LogP contribution >= 0.6 is 0 Å². The predicted molar refractivity (Wildman–Crippen MR) is 85.1 cm³/mol. The monoisotopic (exact) mass is 299 g/mol. The number of phenols is 1. The van der Waals surface area contributed by atoms with Gasteiger partial charge in [0.2, 0.25) is 0 Å². The molecule has 4 nitrogen and oxygen atoms in total. The molecule has 1 saturated heterocycles. The summed E-state index contributed by atoms with van der Waals surface area (Å²) < 4.78 is 6.16. The minimum Gasteiger partial charge on any atom is -0.508 e. The second kappa shape index (κ2) is 4.86. The van der Waals surface area contributed by atoms with E-state index in [1.54, 1.807) is 12.1 Å². The number of hydrogen-bond donors (Lipinski definition) is 2. The summed E-state index contributed by atoms with van der Waals surface area (Å²) >= 11 is 0. The molecule has 0 radical (unpaired) electrons. The number of aromatic hydroxyl groups is 1. The molecule has 2 aromatic rings. The Morgan fingerprint density at radius 3 is 2.95 bits per heavy atom. The van der Waals surface area contributed by atoms with E-state index in [9.17, 15) is 10.2 Å². The molecule has 0 saturated carbocycles. The van der Waals surface area contributed by atoms with Crippen LogP contribution in [0.1, 0.15) is 30.6 Å². The third-order valence-corrected chi connectivity index (χ3v) is 5.28. The molecule has 2 aliphatic heterocycles. The van der Waals surface area contributed by atoms with Gasteiger partial charge >= 0.3 is 0 Å². The van der Waals surface area contributed by atoms with Crippen LogP contribution in [-0.4, -0.2) is 40.3 Å². The molecule has 0 spiro atoms. The number of rotatable bonds is 1. The standard InChI is InChI=1S/C18H21NO3/c1-10-5-14-11(2)19(8-10)12(9-20)6-16-15-7-13(21)3-4-17(15)22-18(14)16/h3-4,7,11-12,14,20-21H,1,5-6,8-9H2,2H3. The number of hydrogen-bond acceptors (Lipinski definition) is 4. The summed E-state index contributed by atoms with van der Waals surface area (Å²) in [4.78, 5) is 2.35. The first-order valence-corrected chi connectivity index (χ1v) is 7.86. The van der Waals surface area contributed by atoms with Crippen LogP contribution in [0.15, 0.2) is 34.8 Å². The molecule has 0 aliphatic carbocycles. The van der Waals surface area contributed by atoms with Gasteiger partial charge in [-0.2, -0.15) is 0 Å². The molecule has 2 N–H and O–H groups in total. The molecule has 116 valence electrons. The summed E-state index contributed by atoms with van der Waals surface area (Å²) in [5.41, 5.74) is 3.15. The molecule has 4 unspecified atom stereocenters. The average molecular weight is 299 g/mol. The largest absolute Gasteiger partial charge is 0.508 e. The second-order valence-electron chi connectivity index (χ2n) is 6.64. The van der Waals surface area contributed by atoms with Gasteiger partial charge in [-0.25, -0.2) is 0 Å². The molecule has 0 amide bonds. The minimum absolute atomic E-state index is 0.0685. The van der Waals surface area contributed by atoms with Crippen molar-refractivity contribution in [1.29, 1.82) is 0 Å². The lowest BCUT2D eigenvalue weighted by molar-refractivity contribution is 0.0755. The van der Waals surface area contributed by atoms with E-state index in [0.29, 0.717) is 6.04 Å². The Morgan fingerprint density at radius 1 is 1.36 bits per heavy atom. The molecule has 2 bridgehead atoms. The van der Waals surface area contributed by atoms with Gasteiger partial charge in [0.1, 0.15) is 17.1 Å². The van der Waals surface area contributed by atoms with Crippen LogP contribution in [-0.2, 0) is 6.42 Å². The van der Waals surface area contributed by atoms with Gasteiger partial charge in [0.25, 0.3) is 0 Å². The summed E-state index contributed by atoms with van der Waals surface area (Å²) in [5.74, 6) is 1.53. The third kappa shape index (κ3) is 1.91. The van der Waals surface area contributed by atoms with E-state index in [1.165, 1.54) is 5.57 Å². The van der Waals surface area contributed by atoms with Crippen LogP contribution in [0, 0.1) is 0 Å². The van der Waals surface area contributed by atoms with Gasteiger partial charge in [0.05, 0.1) is 6.61 Å². The number of piperidine rings is 1. The van der Waals surface area contributed by atoms with E-state index in [4.69, 9.17) is 4.42 Å². The van der Waals surface area contributed by atoms with Gasteiger partial charge in [0.15, 0.2) is 0 Å². The first-order valence-electron chi connectivity index (χ1n) is 7.86. The van der Waals surface area contributed by atoms with Crippen LogP contribution < -0.4 is 0 Å². The highest BCUT2D eigenvalue weighted by Gasteiger charge is 2.41. The van der Waals surface area contributed by atoms with E-state index >= 15 is 0 Å². The lowest BCUT2D eigenvalue weighted by Crippen LogP contribution is -2.49. The van der Waals surface area contributed by atoms with Gasteiger partial charge < -0.3 is 14.6 Å². The topological polar surface area (TPSA) is 56.8 Å². The smallest absolute Gasteiger partial charge is 0.134 e. The Labute approximate surface area is 129 Å². The van der Waals surface area contributed by atoms with Crippen molar-refractivity contribution in [2.75, 3.05) is 13.2 Å². The summed E-state index contributed by atoms with van der Waals surface area (Å²) in [6, 6.07) is 5.64. The molecule has 3 heterocycles. The number of benzene rings is 1. The van der Waals surface area contributed by atoms with E-state index < -0.39 is 0 Å².